The van der Waals surface area contributed by atoms with Gasteiger partial charge < -0.3 is 10.6 Å². The van der Waals surface area contributed by atoms with Crippen molar-refractivity contribution in [1.29, 1.82) is 5.26 Å². The van der Waals surface area contributed by atoms with Crippen molar-refractivity contribution in [2.45, 2.75) is 19.3 Å². The number of nitriles is 1. The fourth-order valence-corrected chi connectivity index (χ4v) is 2.81. The molecular weight excluding hydrogens is 246 g/mol. The standard InChI is InChI=1S/C17H17N3/c18-12-13-8-9-17(15(19)11-13)20-10-4-3-6-14-5-1-2-7-16(14)20/h1-2,5,7-9,11H,3-4,6,10,19H2. The zero-order valence-corrected chi connectivity index (χ0v) is 11.3. The fraction of sp³-hybridized carbons (Fsp3) is 0.235. The highest BCUT2D eigenvalue weighted by Crippen LogP contribution is 2.35. The highest BCUT2D eigenvalue weighted by Gasteiger charge is 2.18. The predicted octanol–water partition coefficient (Wildman–Crippen LogP) is 3.61. The minimum atomic E-state index is 0.606. The Morgan fingerprint density at radius 3 is 2.70 bits per heavy atom. The number of anilines is 3. The molecule has 3 heteroatoms. The van der Waals surface area contributed by atoms with Crippen molar-refractivity contribution in [2.24, 2.45) is 0 Å². The first kappa shape index (κ1) is 12.6. The number of nitrogens with two attached hydrogens (primary N) is 1. The first-order chi connectivity index (χ1) is 9.79. The van der Waals surface area contributed by atoms with E-state index in [-0.39, 0.29) is 0 Å². The Balaban J connectivity index is 2.08. The molecule has 0 atom stereocenters. The van der Waals surface area contributed by atoms with Crippen molar-refractivity contribution >= 4 is 17.1 Å². The van der Waals surface area contributed by atoms with E-state index in [1.807, 2.05) is 12.1 Å². The van der Waals surface area contributed by atoms with Gasteiger partial charge in [0.25, 0.3) is 0 Å². The van der Waals surface area contributed by atoms with Crippen LogP contribution in [0.1, 0.15) is 24.0 Å². The first-order valence-corrected chi connectivity index (χ1v) is 6.94. The van der Waals surface area contributed by atoms with Crippen molar-refractivity contribution in [2.75, 3.05) is 17.2 Å². The monoisotopic (exact) mass is 263 g/mol. The summed E-state index contributed by atoms with van der Waals surface area (Å²) in [7, 11) is 0. The molecule has 3 rings (SSSR count). The van der Waals surface area contributed by atoms with E-state index in [1.165, 1.54) is 17.7 Å². The van der Waals surface area contributed by atoms with Gasteiger partial charge in [0.2, 0.25) is 0 Å². The number of nitrogen functional groups attached to an aromatic ring is 1. The Kier molecular flexibility index (Phi) is 3.30. The summed E-state index contributed by atoms with van der Waals surface area (Å²) >= 11 is 0. The minimum Gasteiger partial charge on any atom is -0.397 e. The van der Waals surface area contributed by atoms with Crippen molar-refractivity contribution < 1.29 is 0 Å². The van der Waals surface area contributed by atoms with Gasteiger partial charge >= 0.3 is 0 Å². The summed E-state index contributed by atoms with van der Waals surface area (Å²) in [4.78, 5) is 2.28. The molecule has 3 nitrogen and oxygen atoms in total. The van der Waals surface area contributed by atoms with Gasteiger partial charge in [0, 0.05) is 12.2 Å². The molecular formula is C17H17N3. The Morgan fingerprint density at radius 1 is 1.05 bits per heavy atom. The third kappa shape index (κ3) is 2.21. The van der Waals surface area contributed by atoms with Crippen molar-refractivity contribution in [3.63, 3.8) is 0 Å². The van der Waals surface area contributed by atoms with Gasteiger partial charge in [-0.25, -0.2) is 0 Å². The van der Waals surface area contributed by atoms with E-state index >= 15 is 0 Å². The molecule has 0 saturated carbocycles. The third-order valence-electron chi connectivity index (χ3n) is 3.81. The molecule has 0 aromatic heterocycles. The van der Waals surface area contributed by atoms with Crippen LogP contribution in [0.2, 0.25) is 0 Å². The average Bonchev–Trinajstić information content (AvgIpc) is 2.69. The third-order valence-corrected chi connectivity index (χ3v) is 3.81. The van der Waals surface area contributed by atoms with Crippen molar-refractivity contribution in [3.8, 4) is 6.07 Å². The second kappa shape index (κ2) is 5.26. The highest BCUT2D eigenvalue weighted by atomic mass is 15.1. The number of fused-ring (bicyclic) bond motifs is 1. The molecule has 100 valence electrons. The quantitative estimate of drug-likeness (QED) is 0.799. The SMILES string of the molecule is N#Cc1ccc(N2CCCCc3ccccc32)c(N)c1. The Hall–Kier alpha value is -2.47. The van der Waals surface area contributed by atoms with E-state index in [9.17, 15) is 0 Å². The largest absolute Gasteiger partial charge is 0.397 e. The molecule has 0 bridgehead atoms. The maximum absolute atomic E-state index is 8.95. The van der Waals surface area contributed by atoms with Crippen LogP contribution < -0.4 is 10.6 Å². The summed E-state index contributed by atoms with van der Waals surface area (Å²) in [6.45, 7) is 0.965. The number of para-hydroxylation sites is 1. The van der Waals surface area contributed by atoms with Crippen LogP contribution in [0.15, 0.2) is 42.5 Å². The summed E-state index contributed by atoms with van der Waals surface area (Å²) in [6, 6.07) is 16.2. The maximum Gasteiger partial charge on any atom is 0.0992 e. The zero-order valence-electron chi connectivity index (χ0n) is 11.3. The van der Waals surface area contributed by atoms with Crippen LogP contribution in [0.5, 0.6) is 0 Å². The molecule has 0 radical (unpaired) electrons. The number of rotatable bonds is 1. The smallest absolute Gasteiger partial charge is 0.0992 e. The van der Waals surface area contributed by atoms with Gasteiger partial charge in [0.1, 0.15) is 0 Å². The van der Waals surface area contributed by atoms with E-state index in [0.717, 1.165) is 25.1 Å². The van der Waals surface area contributed by atoms with Crippen molar-refractivity contribution in [1.82, 2.24) is 0 Å². The van der Waals surface area contributed by atoms with Crippen LogP contribution in [0.3, 0.4) is 0 Å². The molecule has 0 aliphatic carbocycles. The Labute approximate surface area is 119 Å². The maximum atomic E-state index is 8.95. The van der Waals surface area contributed by atoms with Crippen LogP contribution >= 0.6 is 0 Å². The molecule has 1 heterocycles. The summed E-state index contributed by atoms with van der Waals surface area (Å²) < 4.78 is 0. The second-order valence-electron chi connectivity index (χ2n) is 5.12. The fourth-order valence-electron chi connectivity index (χ4n) is 2.81. The molecule has 0 spiro atoms. The molecule has 0 amide bonds. The van der Waals surface area contributed by atoms with Crippen LogP contribution in [-0.2, 0) is 6.42 Å². The summed E-state index contributed by atoms with van der Waals surface area (Å²) in [5.74, 6) is 0. The van der Waals surface area contributed by atoms with E-state index in [4.69, 9.17) is 11.0 Å². The molecule has 1 aliphatic heterocycles. The van der Waals surface area contributed by atoms with Crippen LogP contribution in [0.4, 0.5) is 17.1 Å². The van der Waals surface area contributed by atoms with E-state index in [1.54, 1.807) is 6.07 Å². The molecule has 1 aliphatic rings. The molecule has 2 N–H and O–H groups in total. The number of aryl methyl sites for hydroxylation is 1. The predicted molar refractivity (Wildman–Crippen MR) is 82.0 cm³/mol. The average molecular weight is 263 g/mol. The summed E-state index contributed by atoms with van der Waals surface area (Å²) in [6.07, 6.45) is 3.46. The highest BCUT2D eigenvalue weighted by molar-refractivity contribution is 5.77. The number of nitrogens with zero attached hydrogens (tertiary/aromatic N) is 2. The Bertz CT molecular complexity index is 670. The number of benzene rings is 2. The topological polar surface area (TPSA) is 53.0 Å². The molecule has 20 heavy (non-hydrogen) atoms. The molecule has 2 aromatic carbocycles. The summed E-state index contributed by atoms with van der Waals surface area (Å²) in [5.41, 5.74) is 11.0. The van der Waals surface area contributed by atoms with E-state index in [2.05, 4.69) is 35.2 Å². The van der Waals surface area contributed by atoms with Gasteiger partial charge in [0.15, 0.2) is 0 Å². The van der Waals surface area contributed by atoms with E-state index in [0.29, 0.717) is 11.3 Å². The lowest BCUT2D eigenvalue weighted by Crippen LogP contribution is -2.19. The van der Waals surface area contributed by atoms with Crippen LogP contribution in [-0.4, -0.2) is 6.54 Å². The van der Waals surface area contributed by atoms with Crippen LogP contribution in [0, 0.1) is 11.3 Å². The number of hydrogen-bond acceptors (Lipinski definition) is 3. The van der Waals surface area contributed by atoms with Gasteiger partial charge in [-0.05, 0) is 49.1 Å². The van der Waals surface area contributed by atoms with Crippen LogP contribution in [0.25, 0.3) is 0 Å². The van der Waals surface area contributed by atoms with Gasteiger partial charge in [-0.15, -0.1) is 0 Å². The molecule has 2 aromatic rings. The molecule has 0 fully saturated rings. The lowest BCUT2D eigenvalue weighted by atomic mass is 10.1. The molecule has 0 unspecified atom stereocenters. The second-order valence-corrected chi connectivity index (χ2v) is 5.12. The van der Waals surface area contributed by atoms with Gasteiger partial charge in [-0.3, -0.25) is 0 Å². The Morgan fingerprint density at radius 2 is 1.90 bits per heavy atom. The van der Waals surface area contributed by atoms with E-state index < -0.39 is 0 Å². The zero-order chi connectivity index (χ0) is 13.9. The summed E-state index contributed by atoms with van der Waals surface area (Å²) in [5, 5.41) is 8.95. The lowest BCUT2D eigenvalue weighted by Gasteiger charge is -2.26. The van der Waals surface area contributed by atoms with Crippen molar-refractivity contribution in [3.05, 3.63) is 53.6 Å². The van der Waals surface area contributed by atoms with Gasteiger partial charge in [0.05, 0.1) is 23.0 Å². The number of hydrogen-bond donors (Lipinski definition) is 1. The lowest BCUT2D eigenvalue weighted by molar-refractivity contribution is 0.761. The first-order valence-electron chi connectivity index (χ1n) is 6.94. The normalized spacial score (nSPS) is 14.2. The minimum absolute atomic E-state index is 0.606. The molecule has 0 saturated heterocycles. The van der Waals surface area contributed by atoms with Gasteiger partial charge in [-0.2, -0.15) is 5.26 Å². The van der Waals surface area contributed by atoms with Gasteiger partial charge in [-0.1, -0.05) is 18.2 Å².